The molecule has 0 saturated heterocycles. The molecule has 2 aromatic carbocycles. The van der Waals surface area contributed by atoms with E-state index in [-0.39, 0.29) is 0 Å². The van der Waals surface area contributed by atoms with Gasteiger partial charge in [-0.05, 0) is 31.2 Å². The number of thiazole rings is 1. The van der Waals surface area contributed by atoms with Gasteiger partial charge in [0.15, 0.2) is 0 Å². The molecule has 7 heteroatoms. The van der Waals surface area contributed by atoms with Gasteiger partial charge in [-0.25, -0.2) is 9.97 Å². The van der Waals surface area contributed by atoms with Crippen molar-refractivity contribution in [1.29, 1.82) is 0 Å². The zero-order valence-corrected chi connectivity index (χ0v) is 17.4. The highest BCUT2D eigenvalue weighted by atomic mass is 32.1. The molecule has 2 aromatic heterocycles. The number of nitrogens with zero attached hydrogens (tertiary/aromatic N) is 3. The minimum Gasteiger partial charge on any atom is -0.444 e. The molecule has 30 heavy (non-hydrogen) atoms. The number of rotatable bonds is 6. The van der Waals surface area contributed by atoms with E-state index < -0.39 is 5.91 Å². The van der Waals surface area contributed by atoms with Crippen molar-refractivity contribution in [3.8, 4) is 22.1 Å². The van der Waals surface area contributed by atoms with Crippen LogP contribution in [0.25, 0.3) is 11.3 Å². The standard InChI is InChI=1S/C23H20N4O2S/c1-15-26-21(16-7-4-3-5-8-16)23(30-15)29-19-11-12-25-20(14-19)27(2)18-10-6-9-17(13-18)22(24)28/h3-14H,1-2H3,(H2,24,28). The Morgan fingerprint density at radius 2 is 1.87 bits per heavy atom. The molecule has 0 spiro atoms. The Morgan fingerprint density at radius 1 is 1.07 bits per heavy atom. The van der Waals surface area contributed by atoms with E-state index in [1.165, 1.54) is 11.3 Å². The molecule has 2 N–H and O–H groups in total. The summed E-state index contributed by atoms with van der Waals surface area (Å²) in [4.78, 5) is 22.4. The third kappa shape index (κ3) is 4.16. The average Bonchev–Trinajstić information content (AvgIpc) is 3.14. The van der Waals surface area contributed by atoms with Crippen molar-refractivity contribution < 1.29 is 9.53 Å². The highest BCUT2D eigenvalue weighted by Crippen LogP contribution is 2.38. The number of amides is 1. The predicted octanol–water partition coefficient (Wildman–Crippen LogP) is 5.17. The van der Waals surface area contributed by atoms with Gasteiger partial charge >= 0.3 is 0 Å². The van der Waals surface area contributed by atoms with E-state index in [9.17, 15) is 4.79 Å². The van der Waals surface area contributed by atoms with E-state index in [0.29, 0.717) is 17.1 Å². The van der Waals surface area contributed by atoms with Crippen LogP contribution in [0, 0.1) is 6.92 Å². The van der Waals surface area contributed by atoms with Crippen LogP contribution in [0.2, 0.25) is 0 Å². The van der Waals surface area contributed by atoms with Gasteiger partial charge in [0.1, 0.15) is 17.3 Å². The van der Waals surface area contributed by atoms with Crippen molar-refractivity contribution in [1.82, 2.24) is 9.97 Å². The molecule has 0 aliphatic rings. The molecule has 1 amide bonds. The summed E-state index contributed by atoms with van der Waals surface area (Å²) >= 11 is 1.50. The zero-order valence-electron chi connectivity index (χ0n) is 16.6. The Labute approximate surface area is 178 Å². The second-order valence-electron chi connectivity index (χ2n) is 6.66. The lowest BCUT2D eigenvalue weighted by atomic mass is 10.2. The summed E-state index contributed by atoms with van der Waals surface area (Å²) in [5, 5.41) is 1.66. The van der Waals surface area contributed by atoms with Crippen LogP contribution in [-0.4, -0.2) is 22.9 Å². The van der Waals surface area contributed by atoms with Crippen LogP contribution in [0.1, 0.15) is 15.4 Å². The van der Waals surface area contributed by atoms with Crippen LogP contribution < -0.4 is 15.4 Å². The number of carbonyl (C=O) groups excluding carboxylic acids is 1. The van der Waals surface area contributed by atoms with Gasteiger partial charge in [-0.3, -0.25) is 4.79 Å². The van der Waals surface area contributed by atoms with Gasteiger partial charge < -0.3 is 15.4 Å². The summed E-state index contributed by atoms with van der Waals surface area (Å²) in [5.74, 6) is 0.861. The highest BCUT2D eigenvalue weighted by molar-refractivity contribution is 7.13. The second-order valence-corrected chi connectivity index (χ2v) is 7.83. The van der Waals surface area contributed by atoms with Crippen LogP contribution in [0.5, 0.6) is 10.8 Å². The van der Waals surface area contributed by atoms with Crippen LogP contribution in [0.3, 0.4) is 0 Å². The van der Waals surface area contributed by atoms with Crippen LogP contribution >= 0.6 is 11.3 Å². The molecule has 0 unspecified atom stereocenters. The molecule has 0 saturated carbocycles. The number of benzene rings is 2. The van der Waals surface area contributed by atoms with Crippen LogP contribution in [0.15, 0.2) is 72.9 Å². The maximum atomic E-state index is 11.5. The minimum absolute atomic E-state index is 0.444. The number of primary amides is 1. The number of carbonyl (C=O) groups is 1. The fraction of sp³-hybridized carbons (Fsp3) is 0.0870. The van der Waals surface area contributed by atoms with E-state index in [1.54, 1.807) is 30.5 Å². The molecular formula is C23H20N4O2S. The predicted molar refractivity (Wildman–Crippen MR) is 120 cm³/mol. The first-order valence-electron chi connectivity index (χ1n) is 9.31. The number of ether oxygens (including phenoxy) is 1. The van der Waals surface area contributed by atoms with E-state index in [4.69, 9.17) is 10.5 Å². The highest BCUT2D eigenvalue weighted by Gasteiger charge is 2.15. The van der Waals surface area contributed by atoms with Gasteiger partial charge in [-0.1, -0.05) is 47.7 Å². The lowest BCUT2D eigenvalue weighted by Gasteiger charge is -2.19. The number of hydrogen-bond donors (Lipinski definition) is 1. The molecule has 2 heterocycles. The first-order valence-corrected chi connectivity index (χ1v) is 10.1. The third-order valence-corrected chi connectivity index (χ3v) is 5.39. The Kier molecular flexibility index (Phi) is 5.45. The summed E-state index contributed by atoms with van der Waals surface area (Å²) in [7, 11) is 1.87. The Hall–Kier alpha value is -3.71. The lowest BCUT2D eigenvalue weighted by Crippen LogP contribution is -2.14. The quantitative estimate of drug-likeness (QED) is 0.469. The molecule has 150 valence electrons. The lowest BCUT2D eigenvalue weighted by molar-refractivity contribution is 0.100. The number of hydrogen-bond acceptors (Lipinski definition) is 6. The van der Waals surface area contributed by atoms with Gasteiger partial charge in [-0.2, -0.15) is 0 Å². The minimum atomic E-state index is -0.468. The molecular weight excluding hydrogens is 396 g/mol. The summed E-state index contributed by atoms with van der Waals surface area (Å²) in [6, 6.07) is 20.7. The Balaban J connectivity index is 1.62. The second kappa shape index (κ2) is 8.34. The van der Waals surface area contributed by atoms with E-state index in [1.807, 2.05) is 61.3 Å². The van der Waals surface area contributed by atoms with Gasteiger partial charge in [0.2, 0.25) is 11.0 Å². The van der Waals surface area contributed by atoms with Gasteiger partial charge in [0, 0.05) is 36.1 Å². The molecule has 0 aliphatic carbocycles. The van der Waals surface area contributed by atoms with E-state index >= 15 is 0 Å². The number of aromatic nitrogens is 2. The average molecular weight is 417 g/mol. The van der Waals surface area contributed by atoms with Crippen molar-refractivity contribution in [3.05, 3.63) is 83.5 Å². The van der Waals surface area contributed by atoms with Crippen LogP contribution in [0.4, 0.5) is 11.5 Å². The number of pyridine rings is 1. The van der Waals surface area contributed by atoms with E-state index in [0.717, 1.165) is 27.0 Å². The Morgan fingerprint density at radius 3 is 2.63 bits per heavy atom. The van der Waals surface area contributed by atoms with Crippen molar-refractivity contribution in [2.75, 3.05) is 11.9 Å². The molecule has 0 aliphatic heterocycles. The summed E-state index contributed by atoms with van der Waals surface area (Å²) in [5.41, 5.74) is 8.47. The maximum Gasteiger partial charge on any atom is 0.248 e. The Bertz CT molecular complexity index is 1190. The molecule has 4 aromatic rings. The normalized spacial score (nSPS) is 10.6. The largest absolute Gasteiger partial charge is 0.444 e. The zero-order chi connectivity index (χ0) is 21.1. The van der Waals surface area contributed by atoms with Crippen molar-refractivity contribution in [3.63, 3.8) is 0 Å². The third-order valence-electron chi connectivity index (χ3n) is 4.54. The monoisotopic (exact) mass is 416 g/mol. The van der Waals surface area contributed by atoms with Gasteiger partial charge in [0.05, 0.1) is 5.01 Å². The molecule has 0 bridgehead atoms. The van der Waals surface area contributed by atoms with Crippen molar-refractivity contribution >= 4 is 28.7 Å². The topological polar surface area (TPSA) is 81.3 Å². The summed E-state index contributed by atoms with van der Waals surface area (Å²) < 4.78 is 6.19. The van der Waals surface area contributed by atoms with Crippen LogP contribution in [-0.2, 0) is 0 Å². The fourth-order valence-corrected chi connectivity index (χ4v) is 3.81. The van der Waals surface area contributed by atoms with Gasteiger partial charge in [0.25, 0.3) is 0 Å². The first kappa shape index (κ1) is 19.6. The maximum absolute atomic E-state index is 11.5. The SMILES string of the molecule is Cc1nc(-c2ccccc2)c(Oc2ccnc(N(C)c3cccc(C(N)=O)c3)c2)s1. The molecule has 0 radical (unpaired) electrons. The molecule has 4 rings (SSSR count). The number of nitrogens with two attached hydrogens (primary N) is 1. The number of anilines is 2. The summed E-state index contributed by atoms with van der Waals surface area (Å²) in [6.45, 7) is 1.96. The van der Waals surface area contributed by atoms with Crippen molar-refractivity contribution in [2.45, 2.75) is 6.92 Å². The number of aryl methyl sites for hydroxylation is 1. The van der Waals surface area contributed by atoms with Crippen molar-refractivity contribution in [2.24, 2.45) is 5.73 Å². The first-order chi connectivity index (χ1) is 14.5. The molecule has 0 atom stereocenters. The van der Waals surface area contributed by atoms with E-state index in [2.05, 4.69) is 9.97 Å². The smallest absolute Gasteiger partial charge is 0.248 e. The molecule has 6 nitrogen and oxygen atoms in total. The summed E-state index contributed by atoms with van der Waals surface area (Å²) in [6.07, 6.45) is 1.69. The van der Waals surface area contributed by atoms with Gasteiger partial charge in [-0.15, -0.1) is 0 Å². The fourth-order valence-electron chi connectivity index (χ4n) is 3.01. The molecule has 0 fully saturated rings.